The van der Waals surface area contributed by atoms with Crippen LogP contribution in [-0.2, 0) is 6.42 Å². The quantitative estimate of drug-likeness (QED) is 0.683. The van der Waals surface area contributed by atoms with E-state index >= 15 is 0 Å². The third-order valence-electron chi connectivity index (χ3n) is 3.23. The Morgan fingerprint density at radius 3 is 3.00 bits per heavy atom. The Balaban J connectivity index is 1.82. The summed E-state index contributed by atoms with van der Waals surface area (Å²) < 4.78 is 7.68. The molecular formula is C13H9ClN4O. The molecule has 1 aliphatic heterocycles. The maximum Gasteiger partial charge on any atom is 0.180 e. The molecule has 0 saturated heterocycles. The minimum atomic E-state index is -0.160. The second kappa shape index (κ2) is 3.93. The lowest BCUT2D eigenvalue weighted by Crippen LogP contribution is -2.09. The summed E-state index contributed by atoms with van der Waals surface area (Å²) in [5, 5.41) is 8.74. The number of fused-ring (bicyclic) bond motifs is 2. The van der Waals surface area contributed by atoms with Gasteiger partial charge in [-0.15, -0.1) is 10.2 Å². The summed E-state index contributed by atoms with van der Waals surface area (Å²) in [6.07, 6.45) is 3.82. The molecule has 0 N–H and O–H groups in total. The Morgan fingerprint density at radius 2 is 2.11 bits per heavy atom. The molecule has 94 valence electrons. The van der Waals surface area contributed by atoms with Crippen molar-refractivity contribution in [2.45, 2.75) is 12.5 Å². The predicted molar refractivity (Wildman–Crippen MR) is 69.3 cm³/mol. The number of halogens is 1. The van der Waals surface area contributed by atoms with E-state index in [2.05, 4.69) is 21.2 Å². The summed E-state index contributed by atoms with van der Waals surface area (Å²) in [6.45, 7) is 0. The van der Waals surface area contributed by atoms with Gasteiger partial charge in [0, 0.05) is 6.42 Å². The van der Waals surface area contributed by atoms with Gasteiger partial charge in [-0.3, -0.25) is 9.38 Å². The van der Waals surface area contributed by atoms with E-state index in [0.29, 0.717) is 16.6 Å². The number of aromatic nitrogens is 4. The van der Waals surface area contributed by atoms with Crippen LogP contribution >= 0.6 is 11.6 Å². The Hall–Kier alpha value is -2.14. The van der Waals surface area contributed by atoms with Crippen molar-refractivity contribution in [2.75, 3.05) is 0 Å². The molecule has 0 spiro atoms. The van der Waals surface area contributed by atoms with Crippen LogP contribution in [0.4, 0.5) is 0 Å². The molecule has 1 atom stereocenters. The van der Waals surface area contributed by atoms with Gasteiger partial charge in [0.05, 0.1) is 12.4 Å². The number of ether oxygens (including phenoxy) is 1. The Kier molecular flexibility index (Phi) is 2.22. The Morgan fingerprint density at radius 1 is 1.21 bits per heavy atom. The number of benzene rings is 1. The second-order valence-corrected chi connectivity index (χ2v) is 4.79. The Bertz CT molecular complexity index is 745. The zero-order valence-electron chi connectivity index (χ0n) is 9.82. The number of hydrogen-bond donors (Lipinski definition) is 0. The molecule has 0 aliphatic carbocycles. The molecule has 3 aromatic rings. The van der Waals surface area contributed by atoms with Crippen LogP contribution in [0.5, 0.6) is 5.75 Å². The highest BCUT2D eigenvalue weighted by atomic mass is 35.5. The summed E-state index contributed by atoms with van der Waals surface area (Å²) in [5.41, 5.74) is 1.80. The molecule has 0 radical (unpaired) electrons. The molecule has 6 heteroatoms. The van der Waals surface area contributed by atoms with Crippen LogP contribution in [0.25, 0.3) is 5.65 Å². The van der Waals surface area contributed by atoms with Crippen LogP contribution in [0.1, 0.15) is 17.5 Å². The van der Waals surface area contributed by atoms with Crippen molar-refractivity contribution >= 4 is 17.2 Å². The fourth-order valence-electron chi connectivity index (χ4n) is 2.37. The van der Waals surface area contributed by atoms with E-state index in [1.54, 1.807) is 16.8 Å². The van der Waals surface area contributed by atoms with Crippen LogP contribution in [-0.4, -0.2) is 19.6 Å². The van der Waals surface area contributed by atoms with Crippen molar-refractivity contribution in [2.24, 2.45) is 0 Å². The fourth-order valence-corrected chi connectivity index (χ4v) is 2.60. The van der Waals surface area contributed by atoms with Crippen molar-refractivity contribution in [3.05, 3.63) is 53.2 Å². The van der Waals surface area contributed by atoms with E-state index in [-0.39, 0.29) is 6.10 Å². The van der Waals surface area contributed by atoms with Crippen LogP contribution in [0.2, 0.25) is 5.15 Å². The molecule has 0 bridgehead atoms. The Labute approximate surface area is 113 Å². The molecule has 0 amide bonds. The smallest absolute Gasteiger partial charge is 0.180 e. The van der Waals surface area contributed by atoms with E-state index in [9.17, 15) is 0 Å². The van der Waals surface area contributed by atoms with E-state index in [4.69, 9.17) is 16.3 Å². The SMILES string of the molecule is Clc1cncc2nnc(C3Cc4ccccc4O3)n12. The normalized spacial score (nSPS) is 17.4. The zero-order chi connectivity index (χ0) is 12.8. The maximum absolute atomic E-state index is 6.16. The molecule has 1 aliphatic rings. The van der Waals surface area contributed by atoms with Crippen LogP contribution in [0.15, 0.2) is 36.7 Å². The first-order valence-electron chi connectivity index (χ1n) is 5.92. The molecule has 3 heterocycles. The van der Waals surface area contributed by atoms with E-state index in [1.807, 2.05) is 18.2 Å². The molecule has 4 rings (SSSR count). The van der Waals surface area contributed by atoms with Gasteiger partial charge in [0.1, 0.15) is 10.9 Å². The summed E-state index contributed by atoms with van der Waals surface area (Å²) in [4.78, 5) is 4.00. The topological polar surface area (TPSA) is 52.3 Å². The highest BCUT2D eigenvalue weighted by Gasteiger charge is 2.28. The summed E-state index contributed by atoms with van der Waals surface area (Å²) >= 11 is 6.16. The van der Waals surface area contributed by atoms with Crippen LogP contribution in [0, 0.1) is 0 Å². The van der Waals surface area contributed by atoms with Gasteiger partial charge >= 0.3 is 0 Å². The number of nitrogens with zero attached hydrogens (tertiary/aromatic N) is 4. The van der Waals surface area contributed by atoms with Crippen LogP contribution < -0.4 is 4.74 Å². The highest BCUT2D eigenvalue weighted by Crippen LogP contribution is 2.36. The monoisotopic (exact) mass is 272 g/mol. The predicted octanol–water partition coefficient (Wildman–Crippen LogP) is 2.45. The zero-order valence-corrected chi connectivity index (χ0v) is 10.6. The molecule has 19 heavy (non-hydrogen) atoms. The lowest BCUT2D eigenvalue weighted by atomic mass is 10.1. The largest absolute Gasteiger partial charge is 0.482 e. The highest BCUT2D eigenvalue weighted by molar-refractivity contribution is 6.29. The molecule has 2 aromatic heterocycles. The van der Waals surface area contributed by atoms with E-state index < -0.39 is 0 Å². The molecule has 1 unspecified atom stereocenters. The lowest BCUT2D eigenvalue weighted by molar-refractivity contribution is 0.226. The molecule has 1 aromatic carbocycles. The van der Waals surface area contributed by atoms with Crippen molar-refractivity contribution in [3.8, 4) is 5.75 Å². The standard InChI is InChI=1S/C13H9ClN4O/c14-11-6-15-7-12-16-17-13(18(11)12)10-5-8-3-1-2-4-9(8)19-10/h1-4,6-7,10H,5H2. The first-order chi connectivity index (χ1) is 9.33. The van der Waals surface area contributed by atoms with Crippen molar-refractivity contribution in [1.29, 1.82) is 0 Å². The van der Waals surface area contributed by atoms with Crippen molar-refractivity contribution < 1.29 is 4.74 Å². The lowest BCUT2D eigenvalue weighted by Gasteiger charge is -2.09. The van der Waals surface area contributed by atoms with E-state index in [1.165, 1.54) is 5.56 Å². The summed E-state index contributed by atoms with van der Waals surface area (Å²) in [6, 6.07) is 7.98. The molecule has 5 nitrogen and oxygen atoms in total. The number of hydrogen-bond acceptors (Lipinski definition) is 4. The number of rotatable bonds is 1. The van der Waals surface area contributed by atoms with Gasteiger partial charge in [-0.25, -0.2) is 0 Å². The van der Waals surface area contributed by atoms with Gasteiger partial charge in [0.2, 0.25) is 0 Å². The second-order valence-electron chi connectivity index (χ2n) is 4.40. The number of para-hydroxylation sites is 1. The van der Waals surface area contributed by atoms with Crippen molar-refractivity contribution in [1.82, 2.24) is 19.6 Å². The first kappa shape index (κ1) is 10.8. The maximum atomic E-state index is 6.16. The molecule has 0 saturated carbocycles. The van der Waals surface area contributed by atoms with Crippen molar-refractivity contribution in [3.63, 3.8) is 0 Å². The van der Waals surface area contributed by atoms with Gasteiger partial charge < -0.3 is 4.74 Å². The van der Waals surface area contributed by atoms with Gasteiger partial charge in [0.15, 0.2) is 17.6 Å². The van der Waals surface area contributed by atoms with Crippen LogP contribution in [0.3, 0.4) is 0 Å². The third kappa shape index (κ3) is 1.58. The third-order valence-corrected chi connectivity index (χ3v) is 3.50. The fraction of sp³-hybridized carbons (Fsp3) is 0.154. The summed E-state index contributed by atoms with van der Waals surface area (Å²) in [7, 11) is 0. The molecule has 0 fully saturated rings. The van der Waals surface area contributed by atoms with E-state index in [0.717, 1.165) is 12.2 Å². The molecular weight excluding hydrogens is 264 g/mol. The average Bonchev–Trinajstić information content (AvgIpc) is 3.02. The minimum Gasteiger partial charge on any atom is -0.482 e. The summed E-state index contributed by atoms with van der Waals surface area (Å²) in [5.74, 6) is 1.60. The van der Waals surface area contributed by atoms with Gasteiger partial charge in [-0.2, -0.15) is 0 Å². The van der Waals surface area contributed by atoms with Gasteiger partial charge in [-0.1, -0.05) is 29.8 Å². The van der Waals surface area contributed by atoms with Gasteiger partial charge in [0.25, 0.3) is 0 Å². The average molecular weight is 273 g/mol. The van der Waals surface area contributed by atoms with Gasteiger partial charge in [-0.05, 0) is 11.6 Å². The minimum absolute atomic E-state index is 0.160. The first-order valence-corrected chi connectivity index (χ1v) is 6.30.